The molecule has 1 amide bonds. The summed E-state index contributed by atoms with van der Waals surface area (Å²) in [4.78, 5) is 14.0. The molecule has 0 radical (unpaired) electrons. The predicted octanol–water partition coefficient (Wildman–Crippen LogP) is 2.88. The SMILES string of the molecule is CN(C(=O)c1cc(Cl)sc1Cl)C1CCNCC1. The van der Waals surface area contributed by atoms with Crippen molar-refractivity contribution >= 4 is 40.4 Å². The van der Waals surface area contributed by atoms with Crippen LogP contribution in [0.1, 0.15) is 23.2 Å². The van der Waals surface area contributed by atoms with E-state index >= 15 is 0 Å². The van der Waals surface area contributed by atoms with Gasteiger partial charge in [-0.15, -0.1) is 11.3 Å². The third-order valence-electron chi connectivity index (χ3n) is 3.06. The molecular weight excluding hydrogens is 279 g/mol. The second-order valence-corrected chi connectivity index (χ2v) is 6.42. The summed E-state index contributed by atoms with van der Waals surface area (Å²) < 4.78 is 1.03. The molecular formula is C11H14Cl2N2OS. The van der Waals surface area contributed by atoms with Gasteiger partial charge in [-0.3, -0.25) is 4.79 Å². The lowest BCUT2D eigenvalue weighted by Gasteiger charge is -2.31. The Hall–Kier alpha value is -0.290. The van der Waals surface area contributed by atoms with Crippen molar-refractivity contribution in [2.45, 2.75) is 18.9 Å². The molecule has 17 heavy (non-hydrogen) atoms. The highest BCUT2D eigenvalue weighted by molar-refractivity contribution is 7.20. The molecule has 1 aromatic rings. The highest BCUT2D eigenvalue weighted by Gasteiger charge is 2.25. The van der Waals surface area contributed by atoms with E-state index in [4.69, 9.17) is 23.2 Å². The number of nitrogens with one attached hydrogen (secondary N) is 1. The number of hydrogen-bond acceptors (Lipinski definition) is 3. The van der Waals surface area contributed by atoms with Crippen molar-refractivity contribution in [2.75, 3.05) is 20.1 Å². The van der Waals surface area contributed by atoms with Crippen molar-refractivity contribution in [2.24, 2.45) is 0 Å². The van der Waals surface area contributed by atoms with E-state index in [9.17, 15) is 4.79 Å². The second-order valence-electron chi connectivity index (χ2n) is 4.14. The maximum absolute atomic E-state index is 12.2. The lowest BCUT2D eigenvalue weighted by Crippen LogP contribution is -2.43. The molecule has 1 aliphatic heterocycles. The first-order valence-corrected chi connectivity index (χ1v) is 7.09. The molecule has 1 aromatic heterocycles. The smallest absolute Gasteiger partial charge is 0.256 e. The normalized spacial score (nSPS) is 17.1. The van der Waals surface area contributed by atoms with Crippen LogP contribution in [-0.2, 0) is 0 Å². The number of hydrogen-bond donors (Lipinski definition) is 1. The van der Waals surface area contributed by atoms with E-state index in [1.807, 2.05) is 7.05 Å². The van der Waals surface area contributed by atoms with Crippen LogP contribution in [0.2, 0.25) is 8.67 Å². The van der Waals surface area contributed by atoms with Crippen molar-refractivity contribution < 1.29 is 4.79 Å². The second kappa shape index (κ2) is 5.57. The zero-order chi connectivity index (χ0) is 12.4. The monoisotopic (exact) mass is 292 g/mol. The summed E-state index contributed by atoms with van der Waals surface area (Å²) in [6.07, 6.45) is 1.97. The van der Waals surface area contributed by atoms with E-state index in [0.29, 0.717) is 20.3 Å². The predicted molar refractivity (Wildman–Crippen MR) is 72.3 cm³/mol. The van der Waals surface area contributed by atoms with Crippen LogP contribution in [0.5, 0.6) is 0 Å². The van der Waals surface area contributed by atoms with Crippen molar-refractivity contribution in [1.82, 2.24) is 10.2 Å². The molecule has 6 heteroatoms. The summed E-state index contributed by atoms with van der Waals surface area (Å²) in [5, 5.41) is 3.28. The van der Waals surface area contributed by atoms with E-state index in [1.54, 1.807) is 11.0 Å². The number of nitrogens with zero attached hydrogens (tertiary/aromatic N) is 1. The van der Waals surface area contributed by atoms with Gasteiger partial charge in [-0.05, 0) is 32.0 Å². The first kappa shape index (κ1) is 13.1. The first-order chi connectivity index (χ1) is 8.09. The van der Waals surface area contributed by atoms with Crippen LogP contribution in [0.3, 0.4) is 0 Å². The number of thiophene rings is 1. The molecule has 94 valence electrons. The van der Waals surface area contributed by atoms with Gasteiger partial charge in [0.05, 0.1) is 9.90 Å². The van der Waals surface area contributed by atoms with E-state index in [0.717, 1.165) is 25.9 Å². The molecule has 1 N–H and O–H groups in total. The fourth-order valence-corrected chi connectivity index (χ4v) is 3.48. The van der Waals surface area contributed by atoms with E-state index < -0.39 is 0 Å². The maximum Gasteiger partial charge on any atom is 0.256 e. The minimum atomic E-state index is -0.0370. The molecule has 2 heterocycles. The molecule has 0 aromatic carbocycles. The Balaban J connectivity index is 2.11. The first-order valence-electron chi connectivity index (χ1n) is 5.52. The Morgan fingerprint density at radius 2 is 2.12 bits per heavy atom. The van der Waals surface area contributed by atoms with E-state index in [2.05, 4.69) is 5.32 Å². The molecule has 0 aliphatic carbocycles. The summed E-state index contributed by atoms with van der Waals surface area (Å²) in [6.45, 7) is 1.92. The van der Waals surface area contributed by atoms with Gasteiger partial charge in [0.2, 0.25) is 0 Å². The number of carbonyl (C=O) groups is 1. The van der Waals surface area contributed by atoms with Crippen LogP contribution < -0.4 is 5.32 Å². The van der Waals surface area contributed by atoms with E-state index in [-0.39, 0.29) is 5.91 Å². The molecule has 1 aliphatic rings. The lowest BCUT2D eigenvalue weighted by molar-refractivity contribution is 0.0704. The van der Waals surface area contributed by atoms with Gasteiger partial charge >= 0.3 is 0 Å². The molecule has 0 saturated carbocycles. The summed E-state index contributed by atoms with van der Waals surface area (Å²) in [5.41, 5.74) is 0.516. The molecule has 1 saturated heterocycles. The van der Waals surface area contributed by atoms with Gasteiger partial charge < -0.3 is 10.2 Å². The zero-order valence-electron chi connectivity index (χ0n) is 9.50. The summed E-state index contributed by atoms with van der Waals surface area (Å²) in [6, 6.07) is 1.94. The Morgan fingerprint density at radius 3 is 2.65 bits per heavy atom. The fraction of sp³-hybridized carbons (Fsp3) is 0.545. The van der Waals surface area contributed by atoms with Gasteiger partial charge in [-0.2, -0.15) is 0 Å². The van der Waals surface area contributed by atoms with Gasteiger partial charge in [0.1, 0.15) is 4.34 Å². The molecule has 2 rings (SSSR count). The topological polar surface area (TPSA) is 32.3 Å². The Morgan fingerprint density at radius 1 is 1.47 bits per heavy atom. The minimum absolute atomic E-state index is 0.0370. The van der Waals surface area contributed by atoms with Crippen molar-refractivity contribution in [3.63, 3.8) is 0 Å². The Kier molecular flexibility index (Phi) is 4.31. The third kappa shape index (κ3) is 2.94. The zero-order valence-corrected chi connectivity index (χ0v) is 11.8. The molecule has 0 atom stereocenters. The van der Waals surface area contributed by atoms with Crippen molar-refractivity contribution in [1.29, 1.82) is 0 Å². The average molecular weight is 293 g/mol. The average Bonchev–Trinajstić information content (AvgIpc) is 2.68. The van der Waals surface area contributed by atoms with Crippen LogP contribution in [-0.4, -0.2) is 37.0 Å². The van der Waals surface area contributed by atoms with Crippen LogP contribution in [0.4, 0.5) is 0 Å². The highest BCUT2D eigenvalue weighted by atomic mass is 35.5. The van der Waals surface area contributed by atoms with Crippen molar-refractivity contribution in [3.05, 3.63) is 20.3 Å². The minimum Gasteiger partial charge on any atom is -0.339 e. The van der Waals surface area contributed by atoms with Crippen molar-refractivity contribution in [3.8, 4) is 0 Å². The fourth-order valence-electron chi connectivity index (χ4n) is 2.04. The van der Waals surface area contributed by atoms with Gasteiger partial charge in [-0.25, -0.2) is 0 Å². The molecule has 3 nitrogen and oxygen atoms in total. The molecule has 0 spiro atoms. The Bertz CT molecular complexity index is 416. The van der Waals surface area contributed by atoms with Gasteiger partial charge in [0.15, 0.2) is 0 Å². The summed E-state index contributed by atoms with van der Waals surface area (Å²) in [5.74, 6) is -0.0370. The lowest BCUT2D eigenvalue weighted by atomic mass is 10.0. The number of halogens is 2. The van der Waals surface area contributed by atoms with Gasteiger partial charge in [-0.1, -0.05) is 23.2 Å². The standard InChI is InChI=1S/C11H14Cl2N2OS/c1-15(7-2-4-14-5-3-7)11(16)8-6-9(12)17-10(8)13/h6-7,14H,2-5H2,1H3. The number of piperidine rings is 1. The molecule has 0 unspecified atom stereocenters. The quantitative estimate of drug-likeness (QED) is 0.909. The molecule has 1 fully saturated rings. The van der Waals surface area contributed by atoms with Crippen LogP contribution in [0, 0.1) is 0 Å². The highest BCUT2D eigenvalue weighted by Crippen LogP contribution is 2.32. The molecule has 0 bridgehead atoms. The number of carbonyl (C=O) groups excluding carboxylic acids is 1. The largest absolute Gasteiger partial charge is 0.339 e. The van der Waals surface area contributed by atoms with Crippen LogP contribution in [0.25, 0.3) is 0 Å². The summed E-state index contributed by atoms with van der Waals surface area (Å²) in [7, 11) is 1.83. The van der Waals surface area contributed by atoms with Crippen LogP contribution >= 0.6 is 34.5 Å². The van der Waals surface area contributed by atoms with Gasteiger partial charge in [0.25, 0.3) is 5.91 Å². The third-order valence-corrected chi connectivity index (χ3v) is 4.55. The Labute approximate surface area is 115 Å². The van der Waals surface area contributed by atoms with E-state index in [1.165, 1.54) is 11.3 Å². The van der Waals surface area contributed by atoms with Gasteiger partial charge in [0, 0.05) is 13.1 Å². The van der Waals surface area contributed by atoms with Crippen LogP contribution in [0.15, 0.2) is 6.07 Å². The summed E-state index contributed by atoms with van der Waals surface area (Å²) >= 11 is 13.1. The number of amides is 1. The maximum atomic E-state index is 12.2. The number of rotatable bonds is 2.